The Labute approximate surface area is 101 Å². The van der Waals surface area contributed by atoms with Gasteiger partial charge >= 0.3 is 0 Å². The molecule has 0 spiro atoms. The molecule has 1 aromatic rings. The van der Waals surface area contributed by atoms with E-state index in [1.807, 2.05) is 12.1 Å². The van der Waals surface area contributed by atoms with Crippen molar-refractivity contribution >= 4 is 6.02 Å². The summed E-state index contributed by atoms with van der Waals surface area (Å²) in [5, 5.41) is 0. The van der Waals surface area contributed by atoms with Crippen molar-refractivity contribution in [3.05, 3.63) is 29.8 Å². The summed E-state index contributed by atoms with van der Waals surface area (Å²) in [6.45, 7) is 5.39. The molecule has 4 heteroatoms. The van der Waals surface area contributed by atoms with Crippen molar-refractivity contribution in [1.29, 1.82) is 0 Å². The van der Waals surface area contributed by atoms with Crippen LogP contribution in [0.25, 0.3) is 0 Å². The molecule has 1 aliphatic heterocycles. The predicted octanol–water partition coefficient (Wildman–Crippen LogP) is 1.90. The molecule has 0 amide bonds. The molecule has 17 heavy (non-hydrogen) atoms. The third kappa shape index (κ3) is 3.12. The molecule has 1 aliphatic rings. The van der Waals surface area contributed by atoms with E-state index in [1.54, 1.807) is 0 Å². The van der Waals surface area contributed by atoms with E-state index in [4.69, 9.17) is 15.2 Å². The Balaban J connectivity index is 1.83. The van der Waals surface area contributed by atoms with Crippen molar-refractivity contribution in [2.75, 3.05) is 13.2 Å². The van der Waals surface area contributed by atoms with Gasteiger partial charge in [0.2, 0.25) is 0 Å². The Morgan fingerprint density at radius 1 is 1.41 bits per heavy atom. The summed E-state index contributed by atoms with van der Waals surface area (Å²) in [5.74, 6) is 1.39. The van der Waals surface area contributed by atoms with Crippen molar-refractivity contribution in [2.24, 2.45) is 10.7 Å². The van der Waals surface area contributed by atoms with Gasteiger partial charge in [0.1, 0.15) is 12.4 Å². The van der Waals surface area contributed by atoms with Gasteiger partial charge < -0.3 is 15.2 Å². The van der Waals surface area contributed by atoms with Gasteiger partial charge in [0, 0.05) is 0 Å². The lowest BCUT2D eigenvalue weighted by molar-refractivity contribution is 0.141. The number of benzene rings is 1. The molecule has 0 radical (unpaired) electrons. The normalized spacial score (nSPS) is 19.0. The lowest BCUT2D eigenvalue weighted by atomic mass is 10.0. The van der Waals surface area contributed by atoms with Gasteiger partial charge in [-0.15, -0.1) is 0 Å². The third-order valence-electron chi connectivity index (χ3n) is 2.72. The van der Waals surface area contributed by atoms with E-state index in [1.165, 1.54) is 5.56 Å². The molecule has 0 aromatic heterocycles. The summed E-state index contributed by atoms with van der Waals surface area (Å²) in [6, 6.07) is 8.39. The van der Waals surface area contributed by atoms with Gasteiger partial charge in [-0.2, -0.15) is 0 Å². The van der Waals surface area contributed by atoms with Gasteiger partial charge in [0.25, 0.3) is 6.02 Å². The molecule has 0 aliphatic carbocycles. The minimum absolute atomic E-state index is 0.0558. The quantitative estimate of drug-likeness (QED) is 0.865. The van der Waals surface area contributed by atoms with Gasteiger partial charge in [-0.05, 0) is 23.6 Å². The summed E-state index contributed by atoms with van der Waals surface area (Å²) >= 11 is 0. The van der Waals surface area contributed by atoms with Gasteiger partial charge in [-0.25, -0.2) is 4.99 Å². The number of nitrogens with two attached hydrogens (primary N) is 1. The first kappa shape index (κ1) is 11.8. The summed E-state index contributed by atoms with van der Waals surface area (Å²) in [6.07, 6.45) is -0.0558. The molecular weight excluding hydrogens is 216 g/mol. The zero-order chi connectivity index (χ0) is 12.3. The van der Waals surface area contributed by atoms with Crippen LogP contribution < -0.4 is 10.5 Å². The molecule has 0 fully saturated rings. The third-order valence-corrected chi connectivity index (χ3v) is 2.72. The molecule has 1 aromatic carbocycles. The van der Waals surface area contributed by atoms with Gasteiger partial charge in [0.15, 0.2) is 6.10 Å². The number of amidine groups is 1. The second-order valence-corrected chi connectivity index (χ2v) is 4.45. The van der Waals surface area contributed by atoms with Crippen LogP contribution in [0.4, 0.5) is 0 Å². The van der Waals surface area contributed by atoms with Crippen LogP contribution in [0.3, 0.4) is 0 Å². The fraction of sp³-hybridized carbons (Fsp3) is 0.462. The fourth-order valence-corrected chi connectivity index (χ4v) is 1.66. The molecule has 1 atom stereocenters. The standard InChI is InChI=1S/C13H18N2O2/c1-9(2)10-3-5-11(6-4-10)16-8-12-7-15-13(14)17-12/h3-6,9,12H,7-8H2,1-2H3,(H2,14,15). The second-order valence-electron chi connectivity index (χ2n) is 4.45. The Morgan fingerprint density at radius 3 is 2.65 bits per heavy atom. The van der Waals surface area contributed by atoms with Crippen LogP contribution >= 0.6 is 0 Å². The maximum atomic E-state index is 5.62. The fourth-order valence-electron chi connectivity index (χ4n) is 1.66. The first-order valence-corrected chi connectivity index (χ1v) is 5.84. The van der Waals surface area contributed by atoms with Crippen LogP contribution in [-0.4, -0.2) is 25.3 Å². The van der Waals surface area contributed by atoms with E-state index in [0.717, 1.165) is 5.75 Å². The number of aliphatic imine (C=N–C) groups is 1. The first-order valence-electron chi connectivity index (χ1n) is 5.84. The van der Waals surface area contributed by atoms with Crippen LogP contribution in [0.15, 0.2) is 29.3 Å². The second kappa shape index (κ2) is 5.08. The minimum atomic E-state index is -0.0558. The van der Waals surface area contributed by atoms with Crippen LogP contribution in [0.2, 0.25) is 0 Å². The first-order chi connectivity index (χ1) is 8.15. The minimum Gasteiger partial charge on any atom is -0.490 e. The number of hydrogen-bond donors (Lipinski definition) is 1. The zero-order valence-corrected chi connectivity index (χ0v) is 10.2. The monoisotopic (exact) mass is 234 g/mol. The average molecular weight is 234 g/mol. The Bertz CT molecular complexity index is 398. The molecule has 1 heterocycles. The topological polar surface area (TPSA) is 56.8 Å². The molecule has 1 unspecified atom stereocenters. The highest BCUT2D eigenvalue weighted by atomic mass is 16.5. The smallest absolute Gasteiger partial charge is 0.282 e. The van der Waals surface area contributed by atoms with Crippen LogP contribution in [-0.2, 0) is 4.74 Å². The highest BCUT2D eigenvalue weighted by Gasteiger charge is 2.18. The van der Waals surface area contributed by atoms with E-state index >= 15 is 0 Å². The number of hydrogen-bond acceptors (Lipinski definition) is 4. The lowest BCUT2D eigenvalue weighted by Gasteiger charge is -2.12. The molecule has 92 valence electrons. The van der Waals surface area contributed by atoms with Crippen molar-refractivity contribution in [3.63, 3.8) is 0 Å². The van der Waals surface area contributed by atoms with Gasteiger partial charge in [0.05, 0.1) is 6.54 Å². The Morgan fingerprint density at radius 2 is 2.12 bits per heavy atom. The Kier molecular flexibility index (Phi) is 3.52. The summed E-state index contributed by atoms with van der Waals surface area (Å²) in [7, 11) is 0. The SMILES string of the molecule is CC(C)c1ccc(OCC2CN=C(N)O2)cc1. The molecule has 4 nitrogen and oxygen atoms in total. The van der Waals surface area contributed by atoms with Crippen molar-refractivity contribution < 1.29 is 9.47 Å². The largest absolute Gasteiger partial charge is 0.490 e. The summed E-state index contributed by atoms with van der Waals surface area (Å²) in [4.78, 5) is 3.96. The highest BCUT2D eigenvalue weighted by molar-refractivity contribution is 5.73. The van der Waals surface area contributed by atoms with Crippen molar-refractivity contribution in [2.45, 2.75) is 25.9 Å². The van der Waals surface area contributed by atoms with E-state index in [9.17, 15) is 0 Å². The maximum Gasteiger partial charge on any atom is 0.282 e. The molecular formula is C13H18N2O2. The summed E-state index contributed by atoms with van der Waals surface area (Å²) in [5.41, 5.74) is 6.73. The molecule has 2 N–H and O–H groups in total. The number of nitrogens with zero attached hydrogens (tertiary/aromatic N) is 1. The van der Waals surface area contributed by atoms with Gasteiger partial charge in [-0.1, -0.05) is 26.0 Å². The van der Waals surface area contributed by atoms with E-state index in [-0.39, 0.29) is 12.1 Å². The van der Waals surface area contributed by atoms with Crippen molar-refractivity contribution in [3.8, 4) is 5.75 Å². The van der Waals surface area contributed by atoms with Crippen LogP contribution in [0.5, 0.6) is 5.75 Å². The van der Waals surface area contributed by atoms with E-state index in [0.29, 0.717) is 19.1 Å². The molecule has 0 saturated carbocycles. The summed E-state index contributed by atoms with van der Waals surface area (Å²) < 4.78 is 10.9. The highest BCUT2D eigenvalue weighted by Crippen LogP contribution is 2.19. The van der Waals surface area contributed by atoms with Gasteiger partial charge in [-0.3, -0.25) is 0 Å². The van der Waals surface area contributed by atoms with E-state index in [2.05, 4.69) is 31.0 Å². The molecule has 2 rings (SSSR count). The molecule has 0 saturated heterocycles. The zero-order valence-electron chi connectivity index (χ0n) is 10.2. The molecule has 0 bridgehead atoms. The maximum absolute atomic E-state index is 5.62. The Hall–Kier alpha value is -1.71. The van der Waals surface area contributed by atoms with Crippen LogP contribution in [0.1, 0.15) is 25.3 Å². The van der Waals surface area contributed by atoms with Crippen molar-refractivity contribution in [1.82, 2.24) is 0 Å². The number of ether oxygens (including phenoxy) is 2. The van der Waals surface area contributed by atoms with Crippen LogP contribution in [0, 0.1) is 0 Å². The number of rotatable bonds is 4. The lowest BCUT2D eigenvalue weighted by Crippen LogP contribution is -2.24. The predicted molar refractivity (Wildman–Crippen MR) is 67.4 cm³/mol. The van der Waals surface area contributed by atoms with E-state index < -0.39 is 0 Å². The average Bonchev–Trinajstić information content (AvgIpc) is 2.73.